The lowest BCUT2D eigenvalue weighted by atomic mass is 10.2. The predicted octanol–water partition coefficient (Wildman–Crippen LogP) is 2.12. The normalized spacial score (nSPS) is 30.8. The fourth-order valence-corrected chi connectivity index (χ4v) is 3.22. The molecule has 2 aliphatic rings. The first-order valence-electron chi connectivity index (χ1n) is 6.49. The summed E-state index contributed by atoms with van der Waals surface area (Å²) in [4.78, 5) is 2.70. The monoisotopic (exact) mass is 240 g/mol. The summed E-state index contributed by atoms with van der Waals surface area (Å²) in [5.74, 6) is 2.29. The van der Waals surface area contributed by atoms with E-state index < -0.39 is 0 Å². The van der Waals surface area contributed by atoms with Gasteiger partial charge in [0, 0.05) is 42.7 Å². The molecule has 0 spiro atoms. The van der Waals surface area contributed by atoms with Crippen LogP contribution in [0.2, 0.25) is 0 Å². The second kappa shape index (κ2) is 6.08. The van der Waals surface area contributed by atoms with E-state index in [2.05, 4.69) is 23.7 Å². The van der Waals surface area contributed by atoms with E-state index in [0.29, 0.717) is 0 Å². The average molecular weight is 240 g/mol. The zero-order valence-electron chi connectivity index (χ0n) is 10.3. The van der Waals surface area contributed by atoms with Gasteiger partial charge in [-0.25, -0.2) is 0 Å². The number of nitrogens with zero attached hydrogens (tertiary/aromatic N) is 1. The third kappa shape index (κ3) is 3.51. The van der Waals surface area contributed by atoms with E-state index in [1.165, 1.54) is 31.6 Å². The van der Waals surface area contributed by atoms with Crippen LogP contribution in [0.15, 0.2) is 12.7 Å². The van der Waals surface area contributed by atoms with Crippen molar-refractivity contribution in [1.82, 2.24) is 10.2 Å². The average Bonchev–Trinajstić information content (AvgIpc) is 3.04. The van der Waals surface area contributed by atoms with Crippen molar-refractivity contribution in [3.63, 3.8) is 0 Å². The molecule has 1 saturated heterocycles. The summed E-state index contributed by atoms with van der Waals surface area (Å²) in [5.41, 5.74) is 0. The zero-order chi connectivity index (χ0) is 11.4. The van der Waals surface area contributed by atoms with Gasteiger partial charge in [-0.2, -0.15) is 11.8 Å². The van der Waals surface area contributed by atoms with Gasteiger partial charge in [0.25, 0.3) is 0 Å². The van der Waals surface area contributed by atoms with Crippen LogP contribution in [0.1, 0.15) is 26.2 Å². The molecule has 1 aliphatic heterocycles. The van der Waals surface area contributed by atoms with Crippen LogP contribution < -0.4 is 5.32 Å². The van der Waals surface area contributed by atoms with Crippen molar-refractivity contribution >= 4 is 11.8 Å². The Morgan fingerprint density at radius 2 is 2.31 bits per heavy atom. The molecule has 1 aliphatic carbocycles. The Balaban J connectivity index is 1.58. The van der Waals surface area contributed by atoms with E-state index in [9.17, 15) is 0 Å². The second-order valence-corrected chi connectivity index (χ2v) is 6.18. The predicted molar refractivity (Wildman–Crippen MR) is 73.1 cm³/mol. The fourth-order valence-electron chi connectivity index (χ4n) is 2.62. The van der Waals surface area contributed by atoms with Crippen molar-refractivity contribution in [2.45, 2.75) is 44.3 Å². The molecule has 16 heavy (non-hydrogen) atoms. The topological polar surface area (TPSA) is 15.3 Å². The number of hydrogen-bond donors (Lipinski definition) is 1. The highest BCUT2D eigenvalue weighted by molar-refractivity contribution is 7.99. The molecule has 0 aromatic heterocycles. The van der Waals surface area contributed by atoms with E-state index >= 15 is 0 Å². The van der Waals surface area contributed by atoms with Crippen LogP contribution in [0.3, 0.4) is 0 Å². The fraction of sp³-hybridized carbons (Fsp3) is 0.846. The van der Waals surface area contributed by atoms with Crippen molar-refractivity contribution in [1.29, 1.82) is 0 Å². The molecular formula is C13H24N2S. The van der Waals surface area contributed by atoms with E-state index in [4.69, 9.17) is 0 Å². The Morgan fingerprint density at radius 3 is 3.00 bits per heavy atom. The molecule has 1 N–H and O–H groups in total. The molecule has 0 aromatic carbocycles. The van der Waals surface area contributed by atoms with Crippen molar-refractivity contribution in [2.75, 3.05) is 24.6 Å². The standard InChI is InChI=1S/C13H24N2S/c1-3-7-16-8-6-14-12-9-11(2)15(10-12)13-4-5-13/h3,11-14H,1,4-10H2,2H3. The van der Waals surface area contributed by atoms with Crippen LogP contribution in [-0.2, 0) is 0 Å². The molecule has 1 heterocycles. The van der Waals surface area contributed by atoms with E-state index in [1.54, 1.807) is 0 Å². The van der Waals surface area contributed by atoms with Crippen LogP contribution in [-0.4, -0.2) is 47.6 Å². The highest BCUT2D eigenvalue weighted by atomic mass is 32.2. The maximum atomic E-state index is 3.73. The summed E-state index contributed by atoms with van der Waals surface area (Å²) < 4.78 is 0. The van der Waals surface area contributed by atoms with Crippen LogP contribution in [0, 0.1) is 0 Å². The SMILES string of the molecule is C=CCSCCNC1CC(C)N(C2CC2)C1. The second-order valence-electron chi connectivity index (χ2n) is 5.03. The van der Waals surface area contributed by atoms with Gasteiger partial charge < -0.3 is 5.32 Å². The van der Waals surface area contributed by atoms with Crippen molar-refractivity contribution < 1.29 is 0 Å². The Hall–Kier alpha value is 0.01000. The number of nitrogens with one attached hydrogen (secondary N) is 1. The van der Waals surface area contributed by atoms with Gasteiger partial charge in [-0.3, -0.25) is 4.90 Å². The van der Waals surface area contributed by atoms with Crippen molar-refractivity contribution in [2.24, 2.45) is 0 Å². The summed E-state index contributed by atoms with van der Waals surface area (Å²) in [6, 6.07) is 2.46. The van der Waals surface area contributed by atoms with Gasteiger partial charge in [-0.1, -0.05) is 6.08 Å². The Bertz CT molecular complexity index is 228. The van der Waals surface area contributed by atoms with Crippen molar-refractivity contribution in [3.05, 3.63) is 12.7 Å². The Kier molecular flexibility index (Phi) is 4.74. The maximum Gasteiger partial charge on any atom is 0.0210 e. The minimum absolute atomic E-state index is 0.736. The molecule has 2 rings (SSSR count). The smallest absolute Gasteiger partial charge is 0.0210 e. The van der Waals surface area contributed by atoms with Gasteiger partial charge in [0.05, 0.1) is 0 Å². The molecule has 2 atom stereocenters. The largest absolute Gasteiger partial charge is 0.312 e. The molecule has 2 unspecified atom stereocenters. The minimum Gasteiger partial charge on any atom is -0.312 e. The summed E-state index contributed by atoms with van der Waals surface area (Å²) in [6.45, 7) is 8.54. The van der Waals surface area contributed by atoms with Crippen molar-refractivity contribution in [3.8, 4) is 0 Å². The van der Waals surface area contributed by atoms with E-state index in [0.717, 1.165) is 30.4 Å². The van der Waals surface area contributed by atoms with E-state index in [1.807, 2.05) is 17.8 Å². The molecule has 1 saturated carbocycles. The van der Waals surface area contributed by atoms with Gasteiger partial charge in [0.1, 0.15) is 0 Å². The summed E-state index contributed by atoms with van der Waals surface area (Å²) >= 11 is 1.96. The molecule has 0 bridgehead atoms. The first kappa shape index (κ1) is 12.5. The third-order valence-corrected chi connectivity index (χ3v) is 4.52. The highest BCUT2D eigenvalue weighted by Gasteiger charge is 2.38. The first-order chi connectivity index (χ1) is 7.81. The quantitative estimate of drug-likeness (QED) is 0.542. The zero-order valence-corrected chi connectivity index (χ0v) is 11.1. The van der Waals surface area contributed by atoms with Gasteiger partial charge in [-0.05, 0) is 26.2 Å². The molecule has 0 aromatic rings. The number of likely N-dealkylation sites (tertiary alicyclic amines) is 1. The minimum atomic E-state index is 0.736. The number of hydrogen-bond acceptors (Lipinski definition) is 3. The molecule has 2 nitrogen and oxygen atoms in total. The molecular weight excluding hydrogens is 216 g/mol. The summed E-state index contributed by atoms with van der Waals surface area (Å²) in [5, 5.41) is 3.69. The summed E-state index contributed by atoms with van der Waals surface area (Å²) in [6.07, 6.45) is 6.19. The van der Waals surface area contributed by atoms with Gasteiger partial charge in [0.2, 0.25) is 0 Å². The van der Waals surface area contributed by atoms with Crippen LogP contribution in [0.4, 0.5) is 0 Å². The summed E-state index contributed by atoms with van der Waals surface area (Å²) in [7, 11) is 0. The molecule has 0 radical (unpaired) electrons. The lowest BCUT2D eigenvalue weighted by molar-refractivity contribution is 0.255. The lowest BCUT2D eigenvalue weighted by Gasteiger charge is -2.19. The maximum absolute atomic E-state index is 3.73. The van der Waals surface area contributed by atoms with Gasteiger partial charge in [-0.15, -0.1) is 6.58 Å². The number of thioether (sulfide) groups is 1. The Morgan fingerprint density at radius 1 is 1.50 bits per heavy atom. The highest BCUT2D eigenvalue weighted by Crippen LogP contribution is 2.33. The van der Waals surface area contributed by atoms with Crippen LogP contribution in [0.25, 0.3) is 0 Å². The molecule has 3 heteroatoms. The molecule has 92 valence electrons. The molecule has 0 amide bonds. The third-order valence-electron chi connectivity index (χ3n) is 3.55. The van der Waals surface area contributed by atoms with Crippen LogP contribution >= 0.6 is 11.8 Å². The lowest BCUT2D eigenvalue weighted by Crippen LogP contribution is -2.35. The van der Waals surface area contributed by atoms with Gasteiger partial charge in [0.15, 0.2) is 0 Å². The van der Waals surface area contributed by atoms with Gasteiger partial charge >= 0.3 is 0 Å². The number of rotatable bonds is 7. The van der Waals surface area contributed by atoms with E-state index in [-0.39, 0.29) is 0 Å². The van der Waals surface area contributed by atoms with Crippen LogP contribution in [0.5, 0.6) is 0 Å². The first-order valence-corrected chi connectivity index (χ1v) is 7.64. The molecule has 2 fully saturated rings. The Labute approximate surface area is 104 Å².